The van der Waals surface area contributed by atoms with Crippen molar-refractivity contribution in [1.29, 1.82) is 0 Å². The van der Waals surface area contributed by atoms with Gasteiger partial charge in [0.1, 0.15) is 5.52 Å². The zero-order chi connectivity index (χ0) is 9.42. The molecule has 0 spiro atoms. The third-order valence-electron chi connectivity index (χ3n) is 1.78. The van der Waals surface area contributed by atoms with E-state index in [1.165, 1.54) is 0 Å². The molecule has 0 unspecified atom stereocenters. The van der Waals surface area contributed by atoms with Gasteiger partial charge in [-0.3, -0.25) is 4.79 Å². The van der Waals surface area contributed by atoms with Gasteiger partial charge in [-0.25, -0.2) is 4.98 Å². The summed E-state index contributed by atoms with van der Waals surface area (Å²) < 4.78 is 5.24. The first kappa shape index (κ1) is 7.79. The molecule has 13 heavy (non-hydrogen) atoms. The lowest BCUT2D eigenvalue weighted by Gasteiger charge is -1.92. The van der Waals surface area contributed by atoms with Crippen LogP contribution in [-0.4, -0.2) is 10.9 Å². The first-order valence-corrected chi connectivity index (χ1v) is 3.84. The minimum Gasteiger partial charge on any atom is -0.441 e. The van der Waals surface area contributed by atoms with E-state index in [1.807, 2.05) is 0 Å². The van der Waals surface area contributed by atoms with Crippen molar-refractivity contribution in [2.45, 2.75) is 6.92 Å². The van der Waals surface area contributed by atoms with Crippen molar-refractivity contribution in [3.8, 4) is 0 Å². The molecule has 66 valence electrons. The molecule has 0 aliphatic heterocycles. The van der Waals surface area contributed by atoms with Crippen LogP contribution in [0.4, 0.5) is 0 Å². The van der Waals surface area contributed by atoms with Crippen LogP contribution < -0.4 is 5.73 Å². The molecule has 0 saturated carbocycles. The van der Waals surface area contributed by atoms with Crippen molar-refractivity contribution in [1.82, 2.24) is 4.98 Å². The molecule has 2 rings (SSSR count). The summed E-state index contributed by atoms with van der Waals surface area (Å²) in [6, 6.07) is 4.93. The molecular formula is C9H8N2O2. The van der Waals surface area contributed by atoms with Crippen molar-refractivity contribution >= 4 is 17.0 Å². The second kappa shape index (κ2) is 2.58. The van der Waals surface area contributed by atoms with Gasteiger partial charge in [0.05, 0.1) is 0 Å². The molecule has 0 bridgehead atoms. The average Bonchev–Trinajstić information content (AvgIpc) is 2.42. The van der Waals surface area contributed by atoms with Crippen molar-refractivity contribution < 1.29 is 9.21 Å². The second-order valence-electron chi connectivity index (χ2n) is 2.78. The van der Waals surface area contributed by atoms with E-state index in [2.05, 4.69) is 4.98 Å². The fraction of sp³-hybridized carbons (Fsp3) is 0.111. The van der Waals surface area contributed by atoms with Gasteiger partial charge in [0.15, 0.2) is 11.5 Å². The molecule has 0 aliphatic carbocycles. The fourth-order valence-corrected chi connectivity index (χ4v) is 1.20. The zero-order valence-corrected chi connectivity index (χ0v) is 7.07. The van der Waals surface area contributed by atoms with Gasteiger partial charge >= 0.3 is 0 Å². The lowest BCUT2D eigenvalue weighted by Crippen LogP contribution is -2.10. The average molecular weight is 176 g/mol. The highest BCUT2D eigenvalue weighted by Gasteiger charge is 2.05. The summed E-state index contributed by atoms with van der Waals surface area (Å²) in [5.41, 5.74) is 6.89. The van der Waals surface area contributed by atoms with Crippen LogP contribution in [0.1, 0.15) is 16.2 Å². The maximum absolute atomic E-state index is 10.8. The smallest absolute Gasteiger partial charge is 0.248 e. The van der Waals surface area contributed by atoms with Gasteiger partial charge in [0.25, 0.3) is 0 Å². The maximum atomic E-state index is 10.8. The quantitative estimate of drug-likeness (QED) is 0.710. The highest BCUT2D eigenvalue weighted by atomic mass is 16.3. The lowest BCUT2D eigenvalue weighted by atomic mass is 10.2. The van der Waals surface area contributed by atoms with Gasteiger partial charge in [-0.1, -0.05) is 0 Å². The van der Waals surface area contributed by atoms with E-state index in [9.17, 15) is 4.79 Å². The summed E-state index contributed by atoms with van der Waals surface area (Å²) in [5, 5.41) is 0. The predicted octanol–water partition coefficient (Wildman–Crippen LogP) is 1.24. The standard InChI is InChI=1S/C9H8N2O2/c1-5-11-7-4-6(9(10)12)2-3-8(7)13-5/h2-4H,1H3,(H2,10,12). The van der Waals surface area contributed by atoms with Gasteiger partial charge in [-0.2, -0.15) is 0 Å². The highest BCUT2D eigenvalue weighted by molar-refractivity contribution is 5.95. The van der Waals surface area contributed by atoms with Crippen LogP contribution in [0.3, 0.4) is 0 Å². The topological polar surface area (TPSA) is 69.1 Å². The Morgan fingerprint density at radius 1 is 1.54 bits per heavy atom. The summed E-state index contributed by atoms with van der Waals surface area (Å²) in [5.74, 6) is 0.124. The van der Waals surface area contributed by atoms with Crippen molar-refractivity contribution in [3.63, 3.8) is 0 Å². The predicted molar refractivity (Wildman–Crippen MR) is 47.3 cm³/mol. The van der Waals surface area contributed by atoms with E-state index in [-0.39, 0.29) is 0 Å². The van der Waals surface area contributed by atoms with Gasteiger partial charge in [0, 0.05) is 12.5 Å². The summed E-state index contributed by atoms with van der Waals surface area (Å²) in [4.78, 5) is 14.9. The molecule has 2 aromatic rings. The molecule has 1 aromatic carbocycles. The van der Waals surface area contributed by atoms with E-state index in [0.717, 1.165) is 0 Å². The molecule has 2 N–H and O–H groups in total. The Morgan fingerprint density at radius 3 is 3.00 bits per heavy atom. The number of carbonyl (C=O) groups excluding carboxylic acids is 1. The number of nitrogens with zero attached hydrogens (tertiary/aromatic N) is 1. The molecular weight excluding hydrogens is 168 g/mol. The molecule has 1 heterocycles. The zero-order valence-electron chi connectivity index (χ0n) is 7.07. The first-order chi connectivity index (χ1) is 6.16. The summed E-state index contributed by atoms with van der Waals surface area (Å²) >= 11 is 0. The van der Waals surface area contributed by atoms with E-state index >= 15 is 0 Å². The third kappa shape index (κ3) is 1.26. The van der Waals surface area contributed by atoms with Crippen LogP contribution in [0.25, 0.3) is 11.1 Å². The molecule has 1 amide bonds. The van der Waals surface area contributed by atoms with Gasteiger partial charge in [-0.05, 0) is 18.2 Å². The first-order valence-electron chi connectivity index (χ1n) is 3.84. The Kier molecular flexibility index (Phi) is 1.55. The number of aryl methyl sites for hydroxylation is 1. The Labute approximate surface area is 74.4 Å². The molecule has 4 nitrogen and oxygen atoms in total. The Bertz CT molecular complexity index is 473. The normalized spacial score (nSPS) is 10.5. The van der Waals surface area contributed by atoms with E-state index in [4.69, 9.17) is 10.2 Å². The number of fused-ring (bicyclic) bond motifs is 1. The van der Waals surface area contributed by atoms with Crippen LogP contribution in [-0.2, 0) is 0 Å². The number of hydrogen-bond acceptors (Lipinski definition) is 3. The largest absolute Gasteiger partial charge is 0.441 e. The molecule has 0 fully saturated rings. The van der Waals surface area contributed by atoms with Crippen LogP contribution in [0.5, 0.6) is 0 Å². The van der Waals surface area contributed by atoms with E-state index in [0.29, 0.717) is 22.6 Å². The SMILES string of the molecule is Cc1nc2cc(C(N)=O)ccc2o1. The Balaban J connectivity index is 2.67. The minimum atomic E-state index is -0.456. The number of oxazole rings is 1. The van der Waals surface area contributed by atoms with Crippen LogP contribution >= 0.6 is 0 Å². The number of primary amides is 1. The van der Waals surface area contributed by atoms with Gasteiger partial charge < -0.3 is 10.2 Å². The number of hydrogen-bond donors (Lipinski definition) is 1. The second-order valence-corrected chi connectivity index (χ2v) is 2.78. The van der Waals surface area contributed by atoms with Crippen molar-refractivity contribution in [2.24, 2.45) is 5.73 Å². The number of carbonyl (C=O) groups is 1. The number of aromatic nitrogens is 1. The molecule has 0 saturated heterocycles. The van der Waals surface area contributed by atoms with Crippen molar-refractivity contribution in [2.75, 3.05) is 0 Å². The highest BCUT2D eigenvalue weighted by Crippen LogP contribution is 2.16. The Hall–Kier alpha value is -1.84. The summed E-state index contributed by atoms with van der Waals surface area (Å²) in [6.45, 7) is 1.75. The number of nitrogens with two attached hydrogens (primary N) is 1. The van der Waals surface area contributed by atoms with Gasteiger partial charge in [0.2, 0.25) is 5.91 Å². The molecule has 0 radical (unpaired) electrons. The monoisotopic (exact) mass is 176 g/mol. The van der Waals surface area contributed by atoms with Gasteiger partial charge in [-0.15, -0.1) is 0 Å². The lowest BCUT2D eigenvalue weighted by molar-refractivity contribution is 0.100. The molecule has 1 aromatic heterocycles. The summed E-state index contributed by atoms with van der Waals surface area (Å²) in [7, 11) is 0. The third-order valence-corrected chi connectivity index (χ3v) is 1.78. The fourth-order valence-electron chi connectivity index (χ4n) is 1.20. The minimum absolute atomic E-state index is 0.445. The Morgan fingerprint density at radius 2 is 2.31 bits per heavy atom. The van der Waals surface area contributed by atoms with E-state index < -0.39 is 5.91 Å². The molecule has 0 aliphatic rings. The number of amides is 1. The number of rotatable bonds is 1. The van der Waals surface area contributed by atoms with Crippen LogP contribution in [0.15, 0.2) is 22.6 Å². The number of benzene rings is 1. The van der Waals surface area contributed by atoms with Crippen LogP contribution in [0, 0.1) is 6.92 Å². The molecule has 4 heteroatoms. The maximum Gasteiger partial charge on any atom is 0.248 e. The van der Waals surface area contributed by atoms with E-state index in [1.54, 1.807) is 25.1 Å². The van der Waals surface area contributed by atoms with Crippen LogP contribution in [0.2, 0.25) is 0 Å². The molecule has 0 atom stereocenters. The summed E-state index contributed by atoms with van der Waals surface area (Å²) in [6.07, 6.45) is 0. The van der Waals surface area contributed by atoms with Crippen molar-refractivity contribution in [3.05, 3.63) is 29.7 Å².